The molecule has 0 spiro atoms. The maximum Gasteiger partial charge on any atom is 0.164 e. The van der Waals surface area contributed by atoms with Crippen LogP contribution >= 0.6 is 0 Å². The number of aliphatic hydroxyl groups excluding tert-OH is 1. The number of rotatable bonds is 3. The third-order valence-electron chi connectivity index (χ3n) is 0.924. The van der Waals surface area contributed by atoms with Gasteiger partial charge in [0.25, 0.3) is 0 Å². The first kappa shape index (κ1) is 8.65. The van der Waals surface area contributed by atoms with Crippen LogP contribution in [-0.4, -0.2) is 20.1 Å². The number of thiol groups is 1. The van der Waals surface area contributed by atoms with Crippen molar-refractivity contribution in [1.82, 2.24) is 0 Å². The summed E-state index contributed by atoms with van der Waals surface area (Å²) in [7, 11) is -2.47. The number of aliphatic hydroxyl groups is 1. The second-order valence-electron chi connectivity index (χ2n) is 1.49. The summed E-state index contributed by atoms with van der Waals surface area (Å²) in [4.78, 5) is 0.299. The highest BCUT2D eigenvalue weighted by Gasteiger charge is 1.92. The minimum atomic E-state index is -2.47. The third kappa shape index (κ3) is 3.26. The molecule has 1 N–H and O–H groups in total. The van der Waals surface area contributed by atoms with Crippen molar-refractivity contribution in [3.05, 3.63) is 11.0 Å². The SMILES string of the molecule is CC/C(=C/CO)[SH](=O)=O. The van der Waals surface area contributed by atoms with Crippen molar-refractivity contribution in [2.24, 2.45) is 0 Å². The van der Waals surface area contributed by atoms with E-state index in [-0.39, 0.29) is 6.61 Å². The van der Waals surface area contributed by atoms with Crippen molar-refractivity contribution >= 4 is 10.7 Å². The van der Waals surface area contributed by atoms with E-state index in [1.165, 1.54) is 6.08 Å². The molecule has 54 valence electrons. The molecule has 0 fully saturated rings. The topological polar surface area (TPSA) is 54.4 Å². The van der Waals surface area contributed by atoms with E-state index in [1.54, 1.807) is 6.92 Å². The maximum absolute atomic E-state index is 10.2. The Bertz CT molecular complexity index is 161. The highest BCUT2D eigenvalue weighted by Crippen LogP contribution is 1.98. The van der Waals surface area contributed by atoms with Crippen LogP contribution in [0.2, 0.25) is 0 Å². The summed E-state index contributed by atoms with van der Waals surface area (Å²) in [5.74, 6) is 0. The zero-order valence-corrected chi connectivity index (χ0v) is 6.10. The van der Waals surface area contributed by atoms with E-state index >= 15 is 0 Å². The minimum absolute atomic E-state index is 0.202. The van der Waals surface area contributed by atoms with Gasteiger partial charge in [0.2, 0.25) is 0 Å². The van der Waals surface area contributed by atoms with Crippen molar-refractivity contribution in [3.63, 3.8) is 0 Å². The first-order valence-corrected chi connectivity index (χ1v) is 3.84. The van der Waals surface area contributed by atoms with Gasteiger partial charge in [0.1, 0.15) is 0 Å². The zero-order valence-electron chi connectivity index (χ0n) is 5.20. The monoisotopic (exact) mass is 150 g/mol. The molecule has 0 aliphatic carbocycles. The molecule has 0 heterocycles. The first-order chi connectivity index (χ1) is 4.22. The van der Waals surface area contributed by atoms with Crippen molar-refractivity contribution in [1.29, 1.82) is 0 Å². The quantitative estimate of drug-likeness (QED) is 0.552. The van der Waals surface area contributed by atoms with Crippen LogP contribution in [0.3, 0.4) is 0 Å². The molecule has 0 aliphatic rings. The van der Waals surface area contributed by atoms with E-state index in [1.807, 2.05) is 0 Å². The van der Waals surface area contributed by atoms with E-state index in [4.69, 9.17) is 5.11 Å². The Kier molecular flexibility index (Phi) is 4.35. The van der Waals surface area contributed by atoms with Crippen molar-refractivity contribution in [3.8, 4) is 0 Å². The van der Waals surface area contributed by atoms with Crippen LogP contribution in [0.5, 0.6) is 0 Å². The molecular formula is C5H10O3S. The van der Waals surface area contributed by atoms with Crippen molar-refractivity contribution < 1.29 is 13.5 Å². The van der Waals surface area contributed by atoms with E-state index in [0.717, 1.165) is 0 Å². The van der Waals surface area contributed by atoms with Gasteiger partial charge < -0.3 is 5.11 Å². The van der Waals surface area contributed by atoms with Crippen molar-refractivity contribution in [2.75, 3.05) is 6.61 Å². The Morgan fingerprint density at radius 3 is 2.33 bits per heavy atom. The second kappa shape index (κ2) is 4.52. The summed E-state index contributed by atoms with van der Waals surface area (Å²) in [5, 5.41) is 8.27. The fourth-order valence-electron chi connectivity index (χ4n) is 0.453. The van der Waals surface area contributed by atoms with Crippen LogP contribution in [-0.2, 0) is 10.7 Å². The molecule has 0 aromatic carbocycles. The molecule has 0 rings (SSSR count). The second-order valence-corrected chi connectivity index (χ2v) is 2.58. The molecule has 0 radical (unpaired) electrons. The fourth-order valence-corrected chi connectivity index (χ4v) is 0.942. The van der Waals surface area contributed by atoms with Crippen LogP contribution in [0.25, 0.3) is 0 Å². The van der Waals surface area contributed by atoms with Gasteiger partial charge in [-0.3, -0.25) is 0 Å². The lowest BCUT2D eigenvalue weighted by Gasteiger charge is -1.88. The summed E-state index contributed by atoms with van der Waals surface area (Å²) < 4.78 is 20.4. The number of allylic oxidation sites excluding steroid dienone is 1. The highest BCUT2D eigenvalue weighted by molar-refractivity contribution is 7.76. The standard InChI is InChI=1S/C5H10O3S/c1-2-5(3-4-6)9(7)8/h3,6,9H,2,4H2,1H3/b5-3-. The molecular weight excluding hydrogens is 140 g/mol. The Hall–Kier alpha value is -0.350. The minimum Gasteiger partial charge on any atom is -0.392 e. The van der Waals surface area contributed by atoms with Crippen molar-refractivity contribution in [2.45, 2.75) is 13.3 Å². The average Bonchev–Trinajstić information content (AvgIpc) is 1.82. The lowest BCUT2D eigenvalue weighted by atomic mass is 10.4. The van der Waals surface area contributed by atoms with Gasteiger partial charge in [0, 0.05) is 4.91 Å². The van der Waals surface area contributed by atoms with Crippen LogP contribution in [0, 0.1) is 0 Å². The van der Waals surface area contributed by atoms with E-state index in [2.05, 4.69) is 0 Å². The van der Waals surface area contributed by atoms with E-state index < -0.39 is 10.7 Å². The third-order valence-corrected chi connectivity index (χ3v) is 1.89. The normalized spacial score (nSPS) is 12.6. The molecule has 0 bridgehead atoms. The molecule has 0 aromatic rings. The van der Waals surface area contributed by atoms with Gasteiger partial charge in [-0.1, -0.05) is 6.92 Å². The van der Waals surface area contributed by atoms with Gasteiger partial charge in [-0.2, -0.15) is 0 Å². The molecule has 9 heavy (non-hydrogen) atoms. The predicted molar refractivity (Wildman–Crippen MR) is 35.8 cm³/mol. The molecule has 0 amide bonds. The van der Waals surface area contributed by atoms with Crippen LogP contribution in [0.4, 0.5) is 0 Å². The van der Waals surface area contributed by atoms with Gasteiger partial charge in [0.15, 0.2) is 10.7 Å². The van der Waals surface area contributed by atoms with Gasteiger partial charge in [-0.25, -0.2) is 8.42 Å². The van der Waals surface area contributed by atoms with Gasteiger partial charge >= 0.3 is 0 Å². The smallest absolute Gasteiger partial charge is 0.164 e. The average molecular weight is 150 g/mol. The lowest BCUT2D eigenvalue weighted by molar-refractivity contribution is 0.342. The Balaban J connectivity index is 4.15. The summed E-state index contributed by atoms with van der Waals surface area (Å²) in [6, 6.07) is 0. The zero-order chi connectivity index (χ0) is 7.28. The molecule has 4 heteroatoms. The molecule has 0 aliphatic heterocycles. The Labute approximate surface area is 56.0 Å². The molecule has 0 aromatic heterocycles. The van der Waals surface area contributed by atoms with E-state index in [0.29, 0.717) is 11.3 Å². The van der Waals surface area contributed by atoms with Crippen LogP contribution in [0.1, 0.15) is 13.3 Å². The highest BCUT2D eigenvalue weighted by atomic mass is 32.2. The molecule has 0 saturated carbocycles. The van der Waals surface area contributed by atoms with Crippen LogP contribution in [0.15, 0.2) is 11.0 Å². The Morgan fingerprint density at radius 2 is 2.22 bits per heavy atom. The number of hydrogen-bond donors (Lipinski definition) is 2. The van der Waals surface area contributed by atoms with Gasteiger partial charge in [0.05, 0.1) is 6.61 Å². The van der Waals surface area contributed by atoms with Gasteiger partial charge in [-0.05, 0) is 12.5 Å². The lowest BCUT2D eigenvalue weighted by Crippen LogP contribution is -1.85. The summed E-state index contributed by atoms with van der Waals surface area (Å²) in [6.07, 6.45) is 1.75. The predicted octanol–water partition coefficient (Wildman–Crippen LogP) is -0.116. The molecule has 0 atom stereocenters. The summed E-state index contributed by atoms with van der Waals surface area (Å²) in [5.41, 5.74) is 0. The summed E-state index contributed by atoms with van der Waals surface area (Å²) in [6.45, 7) is 1.53. The van der Waals surface area contributed by atoms with Crippen LogP contribution < -0.4 is 0 Å². The molecule has 0 unspecified atom stereocenters. The first-order valence-electron chi connectivity index (χ1n) is 2.66. The molecule has 3 nitrogen and oxygen atoms in total. The number of hydrogen-bond acceptors (Lipinski definition) is 3. The Morgan fingerprint density at radius 1 is 1.67 bits per heavy atom. The van der Waals surface area contributed by atoms with Gasteiger partial charge in [-0.15, -0.1) is 0 Å². The largest absolute Gasteiger partial charge is 0.392 e. The fraction of sp³-hybridized carbons (Fsp3) is 0.600. The molecule has 0 saturated heterocycles. The van der Waals surface area contributed by atoms with E-state index in [9.17, 15) is 8.42 Å². The maximum atomic E-state index is 10.2. The summed E-state index contributed by atoms with van der Waals surface area (Å²) >= 11 is 0.